The molecule has 222 valence electrons. The lowest BCUT2D eigenvalue weighted by atomic mass is 9.78. The number of esters is 2. The predicted octanol–water partition coefficient (Wildman–Crippen LogP) is 0.781. The van der Waals surface area contributed by atoms with Crippen LogP contribution in [0.1, 0.15) is 93.9 Å². The topological polar surface area (TPSA) is 176 Å². The molecule has 12 nitrogen and oxygen atoms in total. The van der Waals surface area contributed by atoms with Gasteiger partial charge in [0.05, 0.1) is 12.8 Å². The van der Waals surface area contributed by atoms with E-state index in [1.165, 1.54) is 0 Å². The molecule has 0 aromatic rings. The van der Waals surface area contributed by atoms with Crippen LogP contribution in [0.15, 0.2) is 0 Å². The normalized spacial score (nSPS) is 24.7. The zero-order chi connectivity index (χ0) is 29.2. The minimum absolute atomic E-state index is 0.254. The summed E-state index contributed by atoms with van der Waals surface area (Å²) in [5, 5.41) is 44.4. The Morgan fingerprint density at radius 2 is 0.868 bits per heavy atom. The van der Waals surface area contributed by atoms with Crippen molar-refractivity contribution in [3.05, 3.63) is 0 Å². The first-order valence-corrected chi connectivity index (χ1v) is 13.1. The van der Waals surface area contributed by atoms with E-state index in [9.17, 15) is 30.0 Å². The summed E-state index contributed by atoms with van der Waals surface area (Å²) in [7, 11) is 0. The number of nitrogens with one attached hydrogen (secondary N) is 2. The van der Waals surface area contributed by atoms with Crippen molar-refractivity contribution in [2.24, 2.45) is 0 Å². The van der Waals surface area contributed by atoms with Crippen LogP contribution in [-0.4, -0.2) is 91.9 Å². The molecule has 2 aliphatic heterocycles. The number of aliphatic hydroxyl groups excluding tert-OH is 2. The van der Waals surface area contributed by atoms with Crippen molar-refractivity contribution in [3.63, 3.8) is 0 Å². The van der Waals surface area contributed by atoms with Crippen molar-refractivity contribution in [1.82, 2.24) is 10.6 Å². The number of hydrogen-bond acceptors (Lipinski definition) is 12. The predicted molar refractivity (Wildman–Crippen MR) is 136 cm³/mol. The number of aliphatic hydroxyl groups is 4. The van der Waals surface area contributed by atoms with E-state index < -0.39 is 71.5 Å². The SMILES string of the molecule is CC1(C)CC(OCC(O)O)(OC(=O)CCC(=O)OC2(OCC(O)O)CC(C)(C)NC(C)(C)C2)CC(C)(C)N1. The molecule has 0 aliphatic carbocycles. The third-order valence-electron chi connectivity index (χ3n) is 6.32. The average molecular weight is 549 g/mol. The van der Waals surface area contributed by atoms with Crippen LogP contribution < -0.4 is 10.6 Å². The van der Waals surface area contributed by atoms with E-state index in [1.807, 2.05) is 55.4 Å². The van der Waals surface area contributed by atoms with Crippen molar-refractivity contribution >= 4 is 11.9 Å². The Bertz CT molecular complexity index is 738. The first kappa shape index (κ1) is 32.8. The molecule has 2 heterocycles. The van der Waals surface area contributed by atoms with Gasteiger partial charge in [0, 0.05) is 47.8 Å². The molecule has 0 bridgehead atoms. The maximum absolute atomic E-state index is 12.9. The Hall–Kier alpha value is -1.38. The van der Waals surface area contributed by atoms with Crippen LogP contribution in [0.4, 0.5) is 0 Å². The second-order valence-electron chi connectivity index (χ2n) is 13.3. The molecular weight excluding hydrogens is 500 g/mol. The van der Waals surface area contributed by atoms with Gasteiger partial charge in [-0.3, -0.25) is 9.59 Å². The highest BCUT2D eigenvalue weighted by Crippen LogP contribution is 2.41. The first-order valence-electron chi connectivity index (χ1n) is 13.1. The van der Waals surface area contributed by atoms with Crippen LogP contribution in [0.5, 0.6) is 0 Å². The molecule has 2 aliphatic rings. The fourth-order valence-corrected chi connectivity index (χ4v) is 6.41. The van der Waals surface area contributed by atoms with E-state index in [0.717, 1.165) is 0 Å². The molecule has 38 heavy (non-hydrogen) atoms. The Morgan fingerprint density at radius 3 is 1.11 bits per heavy atom. The molecule has 2 saturated heterocycles. The van der Waals surface area contributed by atoms with Gasteiger partial charge in [-0.25, -0.2) is 0 Å². The second kappa shape index (κ2) is 11.6. The maximum atomic E-state index is 12.9. The van der Waals surface area contributed by atoms with E-state index >= 15 is 0 Å². The Morgan fingerprint density at radius 1 is 0.605 bits per heavy atom. The maximum Gasteiger partial charge on any atom is 0.308 e. The number of rotatable bonds is 11. The van der Waals surface area contributed by atoms with Gasteiger partial charge < -0.3 is 50.0 Å². The molecular formula is C26H48N2O10. The van der Waals surface area contributed by atoms with Gasteiger partial charge in [-0.2, -0.15) is 0 Å². The van der Waals surface area contributed by atoms with Gasteiger partial charge in [-0.05, 0) is 55.4 Å². The third kappa shape index (κ3) is 10.3. The molecule has 2 rings (SSSR count). The molecule has 12 heteroatoms. The lowest BCUT2D eigenvalue weighted by Crippen LogP contribution is -2.65. The summed E-state index contributed by atoms with van der Waals surface area (Å²) in [5.41, 5.74) is -1.96. The Labute approximate surface area is 225 Å². The number of hydrogen-bond donors (Lipinski definition) is 6. The molecule has 0 radical (unpaired) electrons. The lowest BCUT2D eigenvalue weighted by Gasteiger charge is -2.51. The van der Waals surface area contributed by atoms with Crippen LogP contribution in [0.3, 0.4) is 0 Å². The van der Waals surface area contributed by atoms with E-state index in [0.29, 0.717) is 0 Å². The zero-order valence-electron chi connectivity index (χ0n) is 24.0. The summed E-state index contributed by atoms with van der Waals surface area (Å²) in [6, 6.07) is 0. The van der Waals surface area contributed by atoms with Crippen molar-refractivity contribution in [3.8, 4) is 0 Å². The molecule has 0 aromatic heterocycles. The van der Waals surface area contributed by atoms with Gasteiger partial charge in [0.15, 0.2) is 12.6 Å². The quantitative estimate of drug-likeness (QED) is 0.158. The van der Waals surface area contributed by atoms with Gasteiger partial charge in [0.2, 0.25) is 11.6 Å². The molecule has 0 spiro atoms. The Balaban J connectivity index is 2.11. The molecule has 0 saturated carbocycles. The standard InChI is InChI=1S/C26H48N2O10/c1-21(2)13-25(35-11-17(29)30,14-22(3,4)27-21)37-19(33)9-10-20(34)38-26(36-12-18(31)32)15-23(5,6)28-24(7,8)16-26/h17-18,27-32H,9-16H2,1-8H3. The summed E-state index contributed by atoms with van der Waals surface area (Å²) in [6.07, 6.45) is -3.07. The van der Waals surface area contributed by atoms with E-state index in [-0.39, 0.29) is 38.5 Å². The van der Waals surface area contributed by atoms with Gasteiger partial charge >= 0.3 is 11.9 Å². The monoisotopic (exact) mass is 548 g/mol. The third-order valence-corrected chi connectivity index (χ3v) is 6.32. The van der Waals surface area contributed by atoms with E-state index in [2.05, 4.69) is 10.6 Å². The fourth-order valence-electron chi connectivity index (χ4n) is 6.41. The highest BCUT2D eigenvalue weighted by Gasteiger charge is 2.52. The number of piperidine rings is 2. The van der Waals surface area contributed by atoms with E-state index in [4.69, 9.17) is 18.9 Å². The number of carbonyl (C=O) groups excluding carboxylic acids is 2. The average Bonchev–Trinajstić information content (AvgIpc) is 2.64. The van der Waals surface area contributed by atoms with Crippen LogP contribution in [0.25, 0.3) is 0 Å². The van der Waals surface area contributed by atoms with Crippen molar-refractivity contribution in [1.29, 1.82) is 0 Å². The van der Waals surface area contributed by atoms with E-state index in [1.54, 1.807) is 0 Å². The van der Waals surface area contributed by atoms with Crippen molar-refractivity contribution < 1.29 is 49.0 Å². The van der Waals surface area contributed by atoms with Crippen molar-refractivity contribution in [2.75, 3.05) is 13.2 Å². The molecule has 0 atom stereocenters. The fraction of sp³-hybridized carbons (Fsp3) is 0.923. The lowest BCUT2D eigenvalue weighted by molar-refractivity contribution is -0.281. The minimum Gasteiger partial charge on any atom is -0.433 e. The summed E-state index contributed by atoms with van der Waals surface area (Å²) >= 11 is 0. The molecule has 0 amide bonds. The molecule has 0 aromatic carbocycles. The Kier molecular flexibility index (Phi) is 10.0. The summed E-state index contributed by atoms with van der Waals surface area (Å²) in [4.78, 5) is 25.8. The largest absolute Gasteiger partial charge is 0.433 e. The van der Waals surface area contributed by atoms with Crippen molar-refractivity contribution in [2.45, 2.75) is 140 Å². The minimum atomic E-state index is -1.74. The van der Waals surface area contributed by atoms with Crippen LogP contribution in [0.2, 0.25) is 0 Å². The molecule has 6 N–H and O–H groups in total. The van der Waals surface area contributed by atoms with Crippen LogP contribution in [-0.2, 0) is 28.5 Å². The zero-order valence-corrected chi connectivity index (χ0v) is 24.0. The van der Waals surface area contributed by atoms with Gasteiger partial charge in [-0.15, -0.1) is 0 Å². The first-order chi connectivity index (χ1) is 17.1. The van der Waals surface area contributed by atoms with Crippen LogP contribution >= 0.6 is 0 Å². The second-order valence-corrected chi connectivity index (χ2v) is 13.3. The van der Waals surface area contributed by atoms with Gasteiger partial charge in [0.25, 0.3) is 0 Å². The summed E-state index contributed by atoms with van der Waals surface area (Å²) in [6.45, 7) is 14.5. The smallest absolute Gasteiger partial charge is 0.308 e. The number of carbonyl (C=O) groups is 2. The number of ether oxygens (including phenoxy) is 4. The van der Waals surface area contributed by atoms with Crippen LogP contribution in [0, 0.1) is 0 Å². The molecule has 0 unspecified atom stereocenters. The van der Waals surface area contributed by atoms with Gasteiger partial charge in [0.1, 0.15) is 13.2 Å². The summed E-state index contributed by atoms with van der Waals surface area (Å²) in [5.74, 6) is -4.24. The summed E-state index contributed by atoms with van der Waals surface area (Å²) < 4.78 is 23.0. The highest BCUT2D eigenvalue weighted by molar-refractivity contribution is 5.78. The molecule has 2 fully saturated rings. The van der Waals surface area contributed by atoms with Gasteiger partial charge in [-0.1, -0.05) is 0 Å². The highest BCUT2D eigenvalue weighted by atomic mass is 16.7.